The summed E-state index contributed by atoms with van der Waals surface area (Å²) in [7, 11) is 0. The van der Waals surface area contributed by atoms with E-state index in [2.05, 4.69) is 0 Å². The van der Waals surface area contributed by atoms with Crippen molar-refractivity contribution >= 4 is 5.78 Å². The predicted octanol–water partition coefficient (Wildman–Crippen LogP) is 2.69. The van der Waals surface area contributed by atoms with Gasteiger partial charge in [-0.1, -0.05) is 25.7 Å². The number of ketones is 1. The van der Waals surface area contributed by atoms with Crippen molar-refractivity contribution < 1.29 is 4.79 Å². The van der Waals surface area contributed by atoms with Crippen LogP contribution in [0.25, 0.3) is 0 Å². The van der Waals surface area contributed by atoms with E-state index in [0.29, 0.717) is 0 Å². The lowest BCUT2D eigenvalue weighted by Crippen LogP contribution is -2.20. The van der Waals surface area contributed by atoms with Crippen LogP contribution in [0.4, 0.5) is 0 Å². The van der Waals surface area contributed by atoms with E-state index in [-0.39, 0.29) is 11.7 Å². The number of nitriles is 1. The SMILES string of the molecule is CC(C#N)C(=O)C1CCCCCC1. The second kappa shape index (κ2) is 5.01. The molecule has 1 rings (SSSR count). The summed E-state index contributed by atoms with van der Waals surface area (Å²) in [6.07, 6.45) is 6.84. The molecule has 0 aromatic heterocycles. The normalized spacial score (nSPS) is 21.5. The fraction of sp³-hybridized carbons (Fsp3) is 0.818. The van der Waals surface area contributed by atoms with Gasteiger partial charge < -0.3 is 0 Å². The summed E-state index contributed by atoms with van der Waals surface area (Å²) >= 11 is 0. The first-order chi connectivity index (χ1) is 6.25. The Morgan fingerprint density at radius 1 is 1.31 bits per heavy atom. The third kappa shape index (κ3) is 2.84. The van der Waals surface area contributed by atoms with E-state index < -0.39 is 5.92 Å². The summed E-state index contributed by atoms with van der Waals surface area (Å²) in [5, 5.41) is 8.64. The number of nitrogens with zero attached hydrogens (tertiary/aromatic N) is 1. The largest absolute Gasteiger partial charge is 0.298 e. The molecule has 0 amide bonds. The van der Waals surface area contributed by atoms with Crippen molar-refractivity contribution in [2.24, 2.45) is 11.8 Å². The van der Waals surface area contributed by atoms with Gasteiger partial charge >= 0.3 is 0 Å². The molecule has 13 heavy (non-hydrogen) atoms. The number of rotatable bonds is 2. The molecule has 1 aliphatic rings. The van der Waals surface area contributed by atoms with E-state index in [1.165, 1.54) is 12.8 Å². The molecule has 1 unspecified atom stereocenters. The molecule has 0 N–H and O–H groups in total. The van der Waals surface area contributed by atoms with Crippen LogP contribution in [-0.4, -0.2) is 5.78 Å². The van der Waals surface area contributed by atoms with E-state index in [4.69, 9.17) is 5.26 Å². The fourth-order valence-corrected chi connectivity index (χ4v) is 1.98. The zero-order chi connectivity index (χ0) is 9.68. The van der Waals surface area contributed by atoms with Gasteiger partial charge in [0.2, 0.25) is 0 Å². The van der Waals surface area contributed by atoms with Crippen LogP contribution >= 0.6 is 0 Å². The molecule has 0 aromatic rings. The van der Waals surface area contributed by atoms with Crippen molar-refractivity contribution in [3.8, 4) is 6.07 Å². The molecule has 1 saturated carbocycles. The summed E-state index contributed by atoms with van der Waals surface area (Å²) in [6.45, 7) is 1.72. The van der Waals surface area contributed by atoms with Gasteiger partial charge in [-0.05, 0) is 19.8 Å². The van der Waals surface area contributed by atoms with Gasteiger partial charge in [-0.25, -0.2) is 0 Å². The quantitative estimate of drug-likeness (QED) is 0.611. The molecule has 0 saturated heterocycles. The average Bonchev–Trinajstić information content (AvgIpc) is 2.43. The molecule has 0 bridgehead atoms. The lowest BCUT2D eigenvalue weighted by molar-refractivity contribution is -0.125. The molecular weight excluding hydrogens is 162 g/mol. The summed E-state index contributed by atoms with van der Waals surface area (Å²) in [5.41, 5.74) is 0. The molecule has 1 fully saturated rings. The molecule has 1 atom stereocenters. The summed E-state index contributed by atoms with van der Waals surface area (Å²) in [6, 6.07) is 2.03. The van der Waals surface area contributed by atoms with Crippen molar-refractivity contribution in [2.45, 2.75) is 45.4 Å². The second-order valence-corrected chi connectivity index (χ2v) is 3.94. The Labute approximate surface area is 79.9 Å². The van der Waals surface area contributed by atoms with Crippen LogP contribution < -0.4 is 0 Å². The molecule has 1 aliphatic carbocycles. The molecule has 0 spiro atoms. The van der Waals surface area contributed by atoms with Crippen LogP contribution in [0.1, 0.15) is 45.4 Å². The van der Waals surface area contributed by atoms with Gasteiger partial charge in [0.05, 0.1) is 6.07 Å². The number of hydrogen-bond acceptors (Lipinski definition) is 2. The zero-order valence-electron chi connectivity index (χ0n) is 8.25. The minimum Gasteiger partial charge on any atom is -0.298 e. The van der Waals surface area contributed by atoms with Gasteiger partial charge in [0.1, 0.15) is 5.92 Å². The molecule has 0 radical (unpaired) electrons. The highest BCUT2D eigenvalue weighted by Crippen LogP contribution is 2.25. The maximum absolute atomic E-state index is 11.7. The van der Waals surface area contributed by atoms with E-state index in [9.17, 15) is 4.79 Å². The van der Waals surface area contributed by atoms with E-state index >= 15 is 0 Å². The van der Waals surface area contributed by atoms with Gasteiger partial charge in [0.15, 0.2) is 5.78 Å². The number of Topliss-reactive ketones (excluding diaryl/α,β-unsaturated/α-hetero) is 1. The highest BCUT2D eigenvalue weighted by Gasteiger charge is 2.24. The Morgan fingerprint density at radius 2 is 1.85 bits per heavy atom. The van der Waals surface area contributed by atoms with Crippen LogP contribution in [0.2, 0.25) is 0 Å². The van der Waals surface area contributed by atoms with Crippen LogP contribution in [-0.2, 0) is 4.79 Å². The lowest BCUT2D eigenvalue weighted by atomic mass is 9.89. The Morgan fingerprint density at radius 3 is 2.31 bits per heavy atom. The topological polar surface area (TPSA) is 40.9 Å². The third-order valence-corrected chi connectivity index (χ3v) is 2.88. The van der Waals surface area contributed by atoms with E-state index in [1.54, 1.807) is 6.92 Å². The number of carbonyl (C=O) groups is 1. The van der Waals surface area contributed by atoms with Gasteiger partial charge in [-0.15, -0.1) is 0 Å². The third-order valence-electron chi connectivity index (χ3n) is 2.88. The predicted molar refractivity (Wildman–Crippen MR) is 51.0 cm³/mol. The van der Waals surface area contributed by atoms with Crippen LogP contribution in [0.3, 0.4) is 0 Å². The maximum atomic E-state index is 11.7. The van der Waals surface area contributed by atoms with Gasteiger partial charge in [0.25, 0.3) is 0 Å². The van der Waals surface area contributed by atoms with Crippen molar-refractivity contribution in [1.82, 2.24) is 0 Å². The van der Waals surface area contributed by atoms with E-state index in [1.807, 2.05) is 6.07 Å². The molecule has 0 heterocycles. The number of carbonyl (C=O) groups excluding carboxylic acids is 1. The monoisotopic (exact) mass is 179 g/mol. The highest BCUT2D eigenvalue weighted by atomic mass is 16.1. The first-order valence-corrected chi connectivity index (χ1v) is 5.19. The van der Waals surface area contributed by atoms with Crippen molar-refractivity contribution in [3.05, 3.63) is 0 Å². The van der Waals surface area contributed by atoms with E-state index in [0.717, 1.165) is 25.7 Å². The maximum Gasteiger partial charge on any atom is 0.152 e. The molecular formula is C11H17NO. The smallest absolute Gasteiger partial charge is 0.152 e. The Kier molecular flexibility index (Phi) is 3.95. The Hall–Kier alpha value is -0.840. The first-order valence-electron chi connectivity index (χ1n) is 5.19. The standard InChI is InChI=1S/C11H17NO/c1-9(8-12)11(13)10-6-4-2-3-5-7-10/h9-10H,2-7H2,1H3. The van der Waals surface area contributed by atoms with Crippen molar-refractivity contribution in [1.29, 1.82) is 5.26 Å². The molecule has 2 nitrogen and oxygen atoms in total. The van der Waals surface area contributed by atoms with Gasteiger partial charge in [-0.3, -0.25) is 4.79 Å². The highest BCUT2D eigenvalue weighted by molar-refractivity contribution is 5.85. The Bertz CT molecular complexity index is 209. The van der Waals surface area contributed by atoms with Crippen LogP contribution in [0, 0.1) is 23.2 Å². The summed E-state index contributed by atoms with van der Waals surface area (Å²) in [5.74, 6) is -0.0513. The summed E-state index contributed by atoms with van der Waals surface area (Å²) < 4.78 is 0. The number of hydrogen-bond donors (Lipinski definition) is 0. The van der Waals surface area contributed by atoms with Crippen molar-refractivity contribution in [2.75, 3.05) is 0 Å². The minimum atomic E-state index is -0.400. The average molecular weight is 179 g/mol. The Balaban J connectivity index is 2.49. The van der Waals surface area contributed by atoms with Crippen LogP contribution in [0.15, 0.2) is 0 Å². The molecule has 2 heteroatoms. The van der Waals surface area contributed by atoms with Crippen LogP contribution in [0.5, 0.6) is 0 Å². The van der Waals surface area contributed by atoms with Crippen molar-refractivity contribution in [3.63, 3.8) is 0 Å². The van der Waals surface area contributed by atoms with Gasteiger partial charge in [-0.2, -0.15) is 5.26 Å². The molecule has 72 valence electrons. The second-order valence-electron chi connectivity index (χ2n) is 3.94. The lowest BCUT2D eigenvalue weighted by Gasteiger charge is -2.13. The minimum absolute atomic E-state index is 0.171. The first kappa shape index (κ1) is 10.2. The molecule has 0 aliphatic heterocycles. The fourth-order valence-electron chi connectivity index (χ4n) is 1.98. The zero-order valence-corrected chi connectivity index (χ0v) is 8.25. The van der Waals surface area contributed by atoms with Gasteiger partial charge in [0, 0.05) is 5.92 Å². The summed E-state index contributed by atoms with van der Waals surface area (Å²) in [4.78, 5) is 11.7. The molecule has 0 aromatic carbocycles.